The summed E-state index contributed by atoms with van der Waals surface area (Å²) in [6.45, 7) is 3.42. The van der Waals surface area contributed by atoms with Gasteiger partial charge in [0.25, 0.3) is 5.91 Å². The molecule has 3 aliphatic heterocycles. The van der Waals surface area contributed by atoms with Crippen molar-refractivity contribution in [3.8, 4) is 5.75 Å². The van der Waals surface area contributed by atoms with Crippen LogP contribution in [0.2, 0.25) is 5.02 Å². The molecule has 1 saturated carbocycles. The maximum Gasteiger partial charge on any atom is 0.255 e. The number of piperidine rings is 2. The molecular weight excluding hydrogens is 337 g/mol. The third-order valence-corrected chi connectivity index (χ3v) is 5.82. The molecule has 5 rings (SSSR count). The van der Waals surface area contributed by atoms with E-state index >= 15 is 0 Å². The molecule has 5 atom stereocenters. The van der Waals surface area contributed by atoms with E-state index in [-0.39, 0.29) is 24.4 Å². The third kappa shape index (κ3) is 2.65. The third-order valence-electron chi connectivity index (χ3n) is 5.50. The molecule has 1 aromatic carbocycles. The summed E-state index contributed by atoms with van der Waals surface area (Å²) in [4.78, 5) is 15.2. The largest absolute Gasteiger partial charge is 0.496 e. The van der Waals surface area contributed by atoms with Crippen molar-refractivity contribution in [3.63, 3.8) is 0 Å². The van der Waals surface area contributed by atoms with E-state index in [1.165, 1.54) is 20.1 Å². The number of anilines is 1. The van der Waals surface area contributed by atoms with Crippen molar-refractivity contribution in [1.29, 1.82) is 0 Å². The van der Waals surface area contributed by atoms with Gasteiger partial charge in [0.05, 0.1) is 23.4 Å². The summed E-state index contributed by atoms with van der Waals surface area (Å²) < 4.78 is 5.28. The summed E-state index contributed by atoms with van der Waals surface area (Å²) in [7, 11) is 1.53. The first-order valence-corrected chi connectivity index (χ1v) is 8.11. The quantitative estimate of drug-likeness (QED) is 0.812. The summed E-state index contributed by atoms with van der Waals surface area (Å²) in [6, 6.07) is 3.48. The van der Waals surface area contributed by atoms with Crippen LogP contribution in [0.25, 0.3) is 0 Å². The Labute approximate surface area is 146 Å². The van der Waals surface area contributed by atoms with E-state index in [0.29, 0.717) is 33.9 Å². The number of hydrogen-bond acceptors (Lipinski definition) is 4. The highest BCUT2D eigenvalue weighted by atomic mass is 35.5. The van der Waals surface area contributed by atoms with Crippen LogP contribution in [-0.2, 0) is 0 Å². The highest BCUT2D eigenvalue weighted by molar-refractivity contribution is 6.33. The van der Waals surface area contributed by atoms with E-state index in [1.807, 2.05) is 0 Å². The zero-order chi connectivity index (χ0) is 15.4. The molecular formula is C16H21Cl2N3O2. The minimum absolute atomic E-state index is 0. The van der Waals surface area contributed by atoms with E-state index in [2.05, 4.69) is 10.2 Å². The average molecular weight is 358 g/mol. The van der Waals surface area contributed by atoms with Crippen molar-refractivity contribution < 1.29 is 9.53 Å². The highest BCUT2D eigenvalue weighted by Crippen LogP contribution is 2.47. The number of ether oxygens (including phenoxy) is 1. The first kappa shape index (κ1) is 16.7. The Morgan fingerprint density at radius 2 is 2.09 bits per heavy atom. The van der Waals surface area contributed by atoms with E-state index in [4.69, 9.17) is 22.1 Å². The maximum atomic E-state index is 12.7. The molecule has 0 spiro atoms. The van der Waals surface area contributed by atoms with Crippen LogP contribution < -0.4 is 15.8 Å². The van der Waals surface area contributed by atoms with Gasteiger partial charge in [0.15, 0.2) is 0 Å². The van der Waals surface area contributed by atoms with E-state index in [0.717, 1.165) is 19.0 Å². The van der Waals surface area contributed by atoms with Crippen LogP contribution >= 0.6 is 24.0 Å². The molecule has 3 heterocycles. The Balaban J connectivity index is 0.00000156. The molecule has 1 aliphatic carbocycles. The molecule has 3 N–H and O–H groups in total. The lowest BCUT2D eigenvalue weighted by molar-refractivity contribution is 0.0875. The number of nitrogens with one attached hydrogen (secondary N) is 1. The number of methoxy groups -OCH3 is 1. The van der Waals surface area contributed by atoms with Crippen molar-refractivity contribution in [2.45, 2.75) is 12.5 Å². The number of carbonyl (C=O) groups excluding carboxylic acids is 1. The lowest BCUT2D eigenvalue weighted by atomic mass is 9.93. The number of rotatable bonds is 3. The zero-order valence-electron chi connectivity index (χ0n) is 12.9. The number of carbonyl (C=O) groups is 1. The number of benzene rings is 1. The summed E-state index contributed by atoms with van der Waals surface area (Å²) in [5.74, 6) is 2.28. The number of nitrogens with two attached hydrogens (primary N) is 1. The Hall–Kier alpha value is -1.17. The summed E-state index contributed by atoms with van der Waals surface area (Å²) >= 11 is 6.06. The molecule has 1 aromatic rings. The molecule has 0 aromatic heterocycles. The molecule has 4 bridgehead atoms. The number of halogens is 2. The van der Waals surface area contributed by atoms with Gasteiger partial charge in [-0.15, -0.1) is 12.4 Å². The molecule has 126 valence electrons. The normalized spacial score (nSPS) is 33.4. The fourth-order valence-electron chi connectivity index (χ4n) is 4.57. The van der Waals surface area contributed by atoms with Gasteiger partial charge in [-0.05, 0) is 30.2 Å². The molecule has 4 fully saturated rings. The summed E-state index contributed by atoms with van der Waals surface area (Å²) in [5, 5.41) is 3.61. The van der Waals surface area contributed by atoms with Crippen LogP contribution in [0.4, 0.5) is 5.69 Å². The molecule has 0 radical (unpaired) electrons. The monoisotopic (exact) mass is 357 g/mol. The summed E-state index contributed by atoms with van der Waals surface area (Å²) in [6.07, 6.45) is 1.24. The first-order chi connectivity index (χ1) is 10.6. The highest BCUT2D eigenvalue weighted by Gasteiger charge is 2.53. The van der Waals surface area contributed by atoms with Gasteiger partial charge in [0.1, 0.15) is 5.75 Å². The lowest BCUT2D eigenvalue weighted by Gasteiger charge is -2.35. The second-order valence-electron chi connectivity index (χ2n) is 6.71. The Bertz CT molecular complexity index is 636. The second kappa shape index (κ2) is 6.04. The zero-order valence-corrected chi connectivity index (χ0v) is 14.5. The standard InChI is InChI=1S/C16H20ClN3O2.ClH/c1-22-14-4-13(18)12(17)3-10(14)16(21)19-15-9-2-8-5-20(6-9)7-11(8)15;/h3-4,8-9,11,15H,2,5-7,18H2,1H3,(H,19,21);1H/t8?,9?,11?,15-;/m1./s1. The van der Waals surface area contributed by atoms with Crippen molar-refractivity contribution >= 4 is 35.6 Å². The number of nitrogens with zero attached hydrogens (tertiary/aromatic N) is 1. The van der Waals surface area contributed by atoms with Crippen LogP contribution in [0.3, 0.4) is 0 Å². The van der Waals surface area contributed by atoms with Crippen molar-refractivity contribution in [2.24, 2.45) is 17.8 Å². The smallest absolute Gasteiger partial charge is 0.255 e. The van der Waals surface area contributed by atoms with Crippen molar-refractivity contribution in [2.75, 3.05) is 32.5 Å². The summed E-state index contributed by atoms with van der Waals surface area (Å²) in [5.41, 5.74) is 6.65. The Morgan fingerprint density at radius 1 is 1.35 bits per heavy atom. The number of nitrogen functional groups attached to an aromatic ring is 1. The van der Waals surface area contributed by atoms with Gasteiger partial charge < -0.3 is 20.7 Å². The Kier molecular flexibility index (Phi) is 4.38. The predicted octanol–water partition coefficient (Wildman–Crippen LogP) is 2.03. The van der Waals surface area contributed by atoms with Gasteiger partial charge in [-0.1, -0.05) is 11.6 Å². The minimum Gasteiger partial charge on any atom is -0.496 e. The van der Waals surface area contributed by atoms with Crippen LogP contribution in [0.5, 0.6) is 5.75 Å². The number of hydrogen-bond donors (Lipinski definition) is 2. The van der Waals surface area contributed by atoms with Gasteiger partial charge in [0.2, 0.25) is 0 Å². The van der Waals surface area contributed by atoms with Crippen LogP contribution in [-0.4, -0.2) is 43.6 Å². The average Bonchev–Trinajstić information content (AvgIpc) is 2.91. The first-order valence-electron chi connectivity index (χ1n) is 7.73. The fourth-order valence-corrected chi connectivity index (χ4v) is 4.73. The topological polar surface area (TPSA) is 67.6 Å². The molecule has 3 saturated heterocycles. The molecule has 23 heavy (non-hydrogen) atoms. The van der Waals surface area contributed by atoms with E-state index in [1.54, 1.807) is 12.1 Å². The molecule has 7 heteroatoms. The number of amides is 1. The maximum absolute atomic E-state index is 12.7. The lowest BCUT2D eigenvalue weighted by Crippen LogP contribution is -2.50. The predicted molar refractivity (Wildman–Crippen MR) is 92.4 cm³/mol. The van der Waals surface area contributed by atoms with Gasteiger partial charge >= 0.3 is 0 Å². The van der Waals surface area contributed by atoms with Crippen molar-refractivity contribution in [3.05, 3.63) is 22.7 Å². The van der Waals surface area contributed by atoms with E-state index in [9.17, 15) is 4.79 Å². The molecule has 5 nitrogen and oxygen atoms in total. The minimum atomic E-state index is -0.116. The SMILES string of the molecule is COc1cc(N)c(Cl)cc1C(=O)N[C@@H]1C2CC3CN(C2)CC31.Cl. The fraction of sp³-hybridized carbons (Fsp3) is 0.562. The molecule has 4 unspecified atom stereocenters. The molecule has 4 aliphatic rings. The molecule has 1 amide bonds. The van der Waals surface area contributed by atoms with Crippen LogP contribution in [0, 0.1) is 17.8 Å². The second-order valence-corrected chi connectivity index (χ2v) is 7.12. The Morgan fingerprint density at radius 3 is 2.78 bits per heavy atom. The van der Waals surface area contributed by atoms with E-state index < -0.39 is 0 Å². The van der Waals surface area contributed by atoms with Crippen molar-refractivity contribution in [1.82, 2.24) is 10.2 Å². The van der Waals surface area contributed by atoms with Gasteiger partial charge in [-0.2, -0.15) is 0 Å². The van der Waals surface area contributed by atoms with Crippen LogP contribution in [0.1, 0.15) is 16.8 Å². The van der Waals surface area contributed by atoms with Gasteiger partial charge in [-0.3, -0.25) is 4.79 Å². The van der Waals surface area contributed by atoms with Crippen LogP contribution in [0.15, 0.2) is 12.1 Å². The van der Waals surface area contributed by atoms with Gasteiger partial charge in [-0.25, -0.2) is 0 Å². The van der Waals surface area contributed by atoms with Gasteiger partial charge in [0, 0.05) is 31.7 Å².